The van der Waals surface area contributed by atoms with Crippen LogP contribution in [0, 0.1) is 0 Å². The van der Waals surface area contributed by atoms with Crippen LogP contribution >= 0.6 is 0 Å². The SMILES string of the molecule is C[N+](C)(/C=C/CO)CCCO. The lowest BCUT2D eigenvalue weighted by molar-refractivity contribution is -0.839. The second kappa shape index (κ2) is 5.29. The number of hydrogen-bond donors (Lipinski definition) is 2. The minimum absolute atomic E-state index is 0.0841. The lowest BCUT2D eigenvalue weighted by atomic mass is 10.4. The highest BCUT2D eigenvalue weighted by atomic mass is 16.3. The third-order valence-electron chi connectivity index (χ3n) is 1.51. The molecule has 0 rings (SSSR count). The Labute approximate surface area is 68.2 Å². The molecule has 0 heterocycles. The Morgan fingerprint density at radius 2 is 1.91 bits per heavy atom. The largest absolute Gasteiger partial charge is 0.396 e. The van der Waals surface area contributed by atoms with Crippen molar-refractivity contribution < 1.29 is 14.7 Å². The topological polar surface area (TPSA) is 40.5 Å². The number of nitrogens with zero attached hydrogens (tertiary/aromatic N) is 1. The van der Waals surface area contributed by atoms with Crippen molar-refractivity contribution in [1.29, 1.82) is 0 Å². The Kier molecular flexibility index (Phi) is 5.11. The van der Waals surface area contributed by atoms with Gasteiger partial charge in [-0.15, -0.1) is 0 Å². The van der Waals surface area contributed by atoms with Gasteiger partial charge in [-0.3, -0.25) is 0 Å². The average Bonchev–Trinajstić information content (AvgIpc) is 1.97. The van der Waals surface area contributed by atoms with Crippen LogP contribution < -0.4 is 0 Å². The maximum atomic E-state index is 8.57. The fourth-order valence-corrected chi connectivity index (χ4v) is 0.885. The smallest absolute Gasteiger partial charge is 0.0936 e. The second-order valence-electron chi connectivity index (χ2n) is 3.15. The van der Waals surface area contributed by atoms with E-state index in [1.54, 1.807) is 6.08 Å². The summed E-state index contributed by atoms with van der Waals surface area (Å²) < 4.78 is 0.709. The zero-order valence-corrected chi connectivity index (χ0v) is 7.32. The summed E-state index contributed by atoms with van der Waals surface area (Å²) in [5, 5.41) is 17.1. The predicted molar refractivity (Wildman–Crippen MR) is 44.9 cm³/mol. The highest BCUT2D eigenvalue weighted by Gasteiger charge is 2.08. The summed E-state index contributed by atoms with van der Waals surface area (Å²) in [6, 6.07) is 0. The Morgan fingerprint density at radius 1 is 1.27 bits per heavy atom. The van der Waals surface area contributed by atoms with Crippen molar-refractivity contribution in [2.45, 2.75) is 6.42 Å². The molecule has 0 spiro atoms. The molecule has 0 radical (unpaired) electrons. The van der Waals surface area contributed by atoms with Crippen molar-refractivity contribution in [1.82, 2.24) is 0 Å². The van der Waals surface area contributed by atoms with E-state index in [0.717, 1.165) is 13.0 Å². The molecule has 0 fully saturated rings. The minimum Gasteiger partial charge on any atom is -0.396 e. The Balaban J connectivity index is 3.69. The summed E-state index contributed by atoms with van der Waals surface area (Å²) >= 11 is 0. The molecule has 0 aliphatic rings. The first-order valence-electron chi connectivity index (χ1n) is 3.84. The fourth-order valence-electron chi connectivity index (χ4n) is 0.885. The van der Waals surface area contributed by atoms with Gasteiger partial charge in [-0.1, -0.05) is 0 Å². The summed E-state index contributed by atoms with van der Waals surface area (Å²) in [7, 11) is 4.06. The van der Waals surface area contributed by atoms with E-state index in [9.17, 15) is 0 Å². The van der Waals surface area contributed by atoms with E-state index in [4.69, 9.17) is 10.2 Å². The molecule has 0 bridgehead atoms. The number of aliphatic hydroxyl groups is 2. The fraction of sp³-hybridized carbons (Fsp3) is 0.750. The van der Waals surface area contributed by atoms with Crippen molar-refractivity contribution in [3.63, 3.8) is 0 Å². The van der Waals surface area contributed by atoms with Crippen molar-refractivity contribution in [3.8, 4) is 0 Å². The summed E-state index contributed by atoms with van der Waals surface area (Å²) in [5.74, 6) is 0. The summed E-state index contributed by atoms with van der Waals surface area (Å²) in [6.07, 6.45) is 4.44. The highest BCUT2D eigenvalue weighted by Crippen LogP contribution is 1.99. The van der Waals surface area contributed by atoms with Gasteiger partial charge in [-0.05, 0) is 6.08 Å². The van der Waals surface area contributed by atoms with Gasteiger partial charge in [0.15, 0.2) is 0 Å². The molecule has 0 saturated heterocycles. The van der Waals surface area contributed by atoms with E-state index in [0.29, 0.717) is 4.48 Å². The highest BCUT2D eigenvalue weighted by molar-refractivity contribution is 4.71. The molecule has 0 amide bonds. The van der Waals surface area contributed by atoms with Crippen LogP contribution in [0.5, 0.6) is 0 Å². The molecule has 0 saturated carbocycles. The summed E-state index contributed by atoms with van der Waals surface area (Å²) in [4.78, 5) is 0. The van der Waals surface area contributed by atoms with Crippen LogP contribution in [-0.2, 0) is 0 Å². The first-order valence-corrected chi connectivity index (χ1v) is 3.84. The van der Waals surface area contributed by atoms with Crippen molar-refractivity contribution >= 4 is 0 Å². The molecular weight excluding hydrogens is 142 g/mol. The van der Waals surface area contributed by atoms with E-state index in [2.05, 4.69) is 0 Å². The molecule has 0 atom stereocenters. The quantitative estimate of drug-likeness (QED) is 0.554. The monoisotopic (exact) mass is 160 g/mol. The lowest BCUT2D eigenvalue weighted by Crippen LogP contribution is -2.34. The van der Waals surface area contributed by atoms with E-state index < -0.39 is 0 Å². The molecule has 0 unspecified atom stereocenters. The van der Waals surface area contributed by atoms with Crippen molar-refractivity contribution in [3.05, 3.63) is 12.3 Å². The van der Waals surface area contributed by atoms with Gasteiger partial charge in [0.2, 0.25) is 0 Å². The van der Waals surface area contributed by atoms with Gasteiger partial charge in [-0.2, -0.15) is 0 Å². The van der Waals surface area contributed by atoms with Crippen LogP contribution in [0.1, 0.15) is 6.42 Å². The number of quaternary nitrogens is 1. The zero-order valence-electron chi connectivity index (χ0n) is 7.32. The summed E-state index contributed by atoms with van der Waals surface area (Å²) in [6.45, 7) is 1.21. The maximum Gasteiger partial charge on any atom is 0.0936 e. The molecule has 3 heteroatoms. The molecule has 3 nitrogen and oxygen atoms in total. The van der Waals surface area contributed by atoms with E-state index in [-0.39, 0.29) is 13.2 Å². The molecule has 0 aliphatic heterocycles. The normalized spacial score (nSPS) is 12.7. The van der Waals surface area contributed by atoms with Crippen LogP contribution in [-0.4, -0.2) is 48.5 Å². The lowest BCUT2D eigenvalue weighted by Gasteiger charge is -2.24. The predicted octanol–water partition coefficient (Wildman–Crippen LogP) is -0.0488. The minimum atomic E-state index is 0.0841. The number of rotatable bonds is 5. The summed E-state index contributed by atoms with van der Waals surface area (Å²) in [5.41, 5.74) is 0. The number of hydrogen-bond acceptors (Lipinski definition) is 2. The average molecular weight is 160 g/mol. The standard InChI is InChI=1S/C8H18NO2/c1-9(2,5-3-7-10)6-4-8-11/h3,5,10-11H,4,6-8H2,1-2H3/q+1/b5-3+. The third-order valence-corrected chi connectivity index (χ3v) is 1.51. The maximum absolute atomic E-state index is 8.57. The molecular formula is C8H18NO2+. The second-order valence-corrected chi connectivity index (χ2v) is 3.15. The van der Waals surface area contributed by atoms with Crippen molar-refractivity contribution in [2.75, 3.05) is 33.9 Å². The van der Waals surface area contributed by atoms with Gasteiger partial charge in [0, 0.05) is 13.0 Å². The number of aliphatic hydroxyl groups excluding tert-OH is 2. The van der Waals surface area contributed by atoms with Crippen LogP contribution in [0.2, 0.25) is 0 Å². The van der Waals surface area contributed by atoms with Crippen molar-refractivity contribution in [2.24, 2.45) is 0 Å². The molecule has 2 N–H and O–H groups in total. The molecule has 0 aromatic rings. The molecule has 0 aromatic carbocycles. The third kappa shape index (κ3) is 6.04. The van der Waals surface area contributed by atoms with Crippen LogP contribution in [0.15, 0.2) is 12.3 Å². The van der Waals surface area contributed by atoms with Gasteiger partial charge in [0.05, 0.1) is 33.4 Å². The van der Waals surface area contributed by atoms with E-state index in [1.807, 2.05) is 20.3 Å². The van der Waals surface area contributed by atoms with E-state index in [1.165, 1.54) is 0 Å². The van der Waals surface area contributed by atoms with Crippen LogP contribution in [0.3, 0.4) is 0 Å². The zero-order chi connectivity index (χ0) is 8.74. The van der Waals surface area contributed by atoms with Crippen LogP contribution in [0.4, 0.5) is 0 Å². The van der Waals surface area contributed by atoms with Gasteiger partial charge >= 0.3 is 0 Å². The molecule has 11 heavy (non-hydrogen) atoms. The van der Waals surface area contributed by atoms with Gasteiger partial charge in [0.25, 0.3) is 0 Å². The van der Waals surface area contributed by atoms with Gasteiger partial charge in [0.1, 0.15) is 0 Å². The van der Waals surface area contributed by atoms with Gasteiger partial charge in [-0.25, -0.2) is 0 Å². The first kappa shape index (κ1) is 10.6. The molecule has 0 aliphatic carbocycles. The van der Waals surface area contributed by atoms with Gasteiger partial charge < -0.3 is 14.7 Å². The Bertz CT molecular complexity index is 121. The first-order chi connectivity index (χ1) is 5.12. The van der Waals surface area contributed by atoms with E-state index >= 15 is 0 Å². The Hall–Kier alpha value is -0.380. The van der Waals surface area contributed by atoms with Crippen LogP contribution in [0.25, 0.3) is 0 Å². The molecule has 66 valence electrons. The Morgan fingerprint density at radius 3 is 2.36 bits per heavy atom. The molecule has 0 aromatic heterocycles.